The number of benzene rings is 3. The van der Waals surface area contributed by atoms with Gasteiger partial charge in [-0.25, -0.2) is 0 Å². The molecule has 1 aliphatic carbocycles. The van der Waals surface area contributed by atoms with E-state index in [4.69, 9.17) is 4.74 Å². The molecule has 0 saturated carbocycles. The number of aryl methyl sites for hydroxylation is 1. The van der Waals surface area contributed by atoms with E-state index < -0.39 is 23.4 Å². The molecule has 0 bridgehead atoms. The summed E-state index contributed by atoms with van der Waals surface area (Å²) in [6.45, 7) is 1.63. The van der Waals surface area contributed by atoms with Gasteiger partial charge in [-0.2, -0.15) is 0 Å². The van der Waals surface area contributed by atoms with Crippen LogP contribution in [0.15, 0.2) is 30.3 Å². The lowest BCUT2D eigenvalue weighted by molar-refractivity contribution is 0.101. The molecule has 0 aliphatic heterocycles. The topological polar surface area (TPSA) is 104 Å². The van der Waals surface area contributed by atoms with Gasteiger partial charge in [-0.1, -0.05) is 24.3 Å². The van der Waals surface area contributed by atoms with Crippen LogP contribution >= 0.6 is 0 Å². The smallest absolute Gasteiger partial charge is 0.197 e. The molecule has 3 aromatic carbocycles. The molecule has 0 heterocycles. The largest absolute Gasteiger partial charge is 0.506 e. The van der Waals surface area contributed by atoms with Crippen LogP contribution in [0.5, 0.6) is 17.2 Å². The zero-order valence-corrected chi connectivity index (χ0v) is 14.6. The summed E-state index contributed by atoms with van der Waals surface area (Å²) >= 11 is 0. The Morgan fingerprint density at radius 3 is 2.52 bits per heavy atom. The second-order valence-corrected chi connectivity index (χ2v) is 6.49. The van der Waals surface area contributed by atoms with Crippen molar-refractivity contribution in [1.82, 2.24) is 0 Å². The Morgan fingerprint density at radius 2 is 1.85 bits per heavy atom. The maximum atomic E-state index is 13.0. The molecule has 3 aromatic rings. The molecule has 0 amide bonds. The van der Waals surface area contributed by atoms with Crippen LogP contribution in [-0.2, 0) is 0 Å². The van der Waals surface area contributed by atoms with Gasteiger partial charge in [0.25, 0.3) is 0 Å². The third kappa shape index (κ3) is 2.10. The Kier molecular flexibility index (Phi) is 3.68. The van der Waals surface area contributed by atoms with Gasteiger partial charge in [0.2, 0.25) is 0 Å². The van der Waals surface area contributed by atoms with Crippen molar-refractivity contribution in [2.24, 2.45) is 0 Å². The maximum absolute atomic E-state index is 13.0. The standard InChI is InChI=1S/C21H16O6/c1-9-7-12-14(19(25)13(9)8-22)20(26)15-16(21(12)27-2)18(24)11-6-4-3-5-10(11)17(15)23/h3-8,18,24-26H,1-2H3/t18-/m1/s1. The SMILES string of the molecule is COc1c2c(c(O)c3c(O)c(C=O)c(C)cc13)C(=O)c1ccccc1[C@H]2O. The number of methoxy groups -OCH3 is 1. The molecule has 4 rings (SSSR count). The quantitative estimate of drug-likeness (QED) is 0.604. The first-order valence-electron chi connectivity index (χ1n) is 8.28. The molecule has 0 spiro atoms. The normalized spacial score (nSPS) is 15.4. The fraction of sp³-hybridized carbons (Fsp3) is 0.143. The van der Waals surface area contributed by atoms with E-state index in [1.165, 1.54) is 7.11 Å². The van der Waals surface area contributed by atoms with E-state index in [0.29, 0.717) is 22.8 Å². The summed E-state index contributed by atoms with van der Waals surface area (Å²) in [4.78, 5) is 24.4. The second kappa shape index (κ2) is 5.82. The van der Waals surface area contributed by atoms with Gasteiger partial charge >= 0.3 is 0 Å². The summed E-state index contributed by atoms with van der Waals surface area (Å²) in [7, 11) is 1.38. The first-order chi connectivity index (χ1) is 12.9. The van der Waals surface area contributed by atoms with E-state index in [2.05, 4.69) is 0 Å². The fourth-order valence-electron chi connectivity index (χ4n) is 3.84. The lowest BCUT2D eigenvalue weighted by Crippen LogP contribution is -2.20. The molecule has 6 nitrogen and oxygen atoms in total. The van der Waals surface area contributed by atoms with E-state index in [0.717, 1.165) is 0 Å². The van der Waals surface area contributed by atoms with Crippen molar-refractivity contribution in [3.05, 3.63) is 63.7 Å². The Morgan fingerprint density at radius 1 is 1.15 bits per heavy atom. The molecule has 0 aromatic heterocycles. The summed E-state index contributed by atoms with van der Waals surface area (Å²) in [5, 5.41) is 32.6. The third-order valence-corrected chi connectivity index (χ3v) is 5.10. The first-order valence-corrected chi connectivity index (χ1v) is 8.28. The Labute approximate surface area is 154 Å². The summed E-state index contributed by atoms with van der Waals surface area (Å²) in [5.41, 5.74) is 1.17. The maximum Gasteiger partial charge on any atom is 0.197 e. The number of aldehydes is 1. The van der Waals surface area contributed by atoms with Gasteiger partial charge in [0.1, 0.15) is 23.4 Å². The molecule has 1 atom stereocenters. The van der Waals surface area contributed by atoms with E-state index in [-0.39, 0.29) is 33.4 Å². The number of aliphatic hydroxyl groups is 1. The number of carbonyl (C=O) groups is 2. The molecule has 0 radical (unpaired) electrons. The van der Waals surface area contributed by atoms with Crippen LogP contribution < -0.4 is 4.74 Å². The van der Waals surface area contributed by atoms with Gasteiger partial charge in [-0.3, -0.25) is 9.59 Å². The fourth-order valence-corrected chi connectivity index (χ4v) is 3.84. The number of ether oxygens (including phenoxy) is 1. The van der Waals surface area contributed by atoms with Crippen LogP contribution in [0.4, 0.5) is 0 Å². The van der Waals surface area contributed by atoms with Gasteiger partial charge in [0.15, 0.2) is 12.1 Å². The van der Waals surface area contributed by atoms with Crippen molar-refractivity contribution in [3.8, 4) is 17.2 Å². The zero-order valence-electron chi connectivity index (χ0n) is 14.6. The Hall–Kier alpha value is -3.38. The molecule has 0 fully saturated rings. The molecule has 0 saturated heterocycles. The Bertz CT molecular complexity index is 1150. The van der Waals surface area contributed by atoms with Crippen molar-refractivity contribution in [2.45, 2.75) is 13.0 Å². The van der Waals surface area contributed by atoms with Crippen LogP contribution in [0.25, 0.3) is 10.8 Å². The van der Waals surface area contributed by atoms with Crippen molar-refractivity contribution in [3.63, 3.8) is 0 Å². The molecule has 0 unspecified atom stereocenters. The number of fused-ring (bicyclic) bond motifs is 3. The van der Waals surface area contributed by atoms with Gasteiger partial charge < -0.3 is 20.1 Å². The number of phenolic OH excluding ortho intramolecular Hbond substituents is 2. The highest BCUT2D eigenvalue weighted by Gasteiger charge is 2.37. The van der Waals surface area contributed by atoms with Crippen LogP contribution in [0.2, 0.25) is 0 Å². The second-order valence-electron chi connectivity index (χ2n) is 6.49. The minimum Gasteiger partial charge on any atom is -0.506 e. The Balaban J connectivity index is 2.22. The summed E-state index contributed by atoms with van der Waals surface area (Å²) in [5.74, 6) is -1.24. The minimum absolute atomic E-state index is 0.0176. The third-order valence-electron chi connectivity index (χ3n) is 5.10. The first kappa shape index (κ1) is 17.1. The van der Waals surface area contributed by atoms with Crippen LogP contribution in [0.1, 0.15) is 49.1 Å². The molecular weight excluding hydrogens is 348 g/mol. The van der Waals surface area contributed by atoms with Gasteiger partial charge in [-0.15, -0.1) is 0 Å². The lowest BCUT2D eigenvalue weighted by atomic mass is 9.80. The highest BCUT2D eigenvalue weighted by molar-refractivity contribution is 6.19. The number of rotatable bonds is 2. The number of hydrogen-bond acceptors (Lipinski definition) is 6. The highest BCUT2D eigenvalue weighted by atomic mass is 16.5. The summed E-state index contributed by atoms with van der Waals surface area (Å²) in [6.07, 6.45) is -0.700. The van der Waals surface area contributed by atoms with Gasteiger partial charge in [0.05, 0.1) is 23.6 Å². The number of carbonyl (C=O) groups excluding carboxylic acids is 2. The summed E-state index contributed by atoms with van der Waals surface area (Å²) in [6, 6.07) is 8.15. The molecule has 1 aliphatic rings. The van der Waals surface area contributed by atoms with Crippen molar-refractivity contribution in [2.75, 3.05) is 7.11 Å². The zero-order chi connectivity index (χ0) is 19.5. The van der Waals surface area contributed by atoms with E-state index >= 15 is 0 Å². The minimum atomic E-state index is -1.19. The number of ketones is 1. The average molecular weight is 364 g/mol. The van der Waals surface area contributed by atoms with Gasteiger partial charge in [0, 0.05) is 16.5 Å². The predicted molar refractivity (Wildman–Crippen MR) is 97.9 cm³/mol. The van der Waals surface area contributed by atoms with Crippen molar-refractivity contribution < 1.29 is 29.6 Å². The van der Waals surface area contributed by atoms with E-state index in [1.807, 2.05) is 0 Å². The van der Waals surface area contributed by atoms with Gasteiger partial charge in [-0.05, 0) is 24.1 Å². The van der Waals surface area contributed by atoms with Crippen molar-refractivity contribution in [1.29, 1.82) is 0 Å². The molecule has 6 heteroatoms. The van der Waals surface area contributed by atoms with Crippen LogP contribution in [-0.4, -0.2) is 34.5 Å². The van der Waals surface area contributed by atoms with E-state index in [1.54, 1.807) is 37.3 Å². The molecule has 27 heavy (non-hydrogen) atoms. The number of phenols is 2. The average Bonchev–Trinajstić information content (AvgIpc) is 2.66. The number of hydrogen-bond donors (Lipinski definition) is 3. The molecule has 136 valence electrons. The highest BCUT2D eigenvalue weighted by Crippen LogP contribution is 2.51. The summed E-state index contributed by atoms with van der Waals surface area (Å²) < 4.78 is 5.48. The monoisotopic (exact) mass is 364 g/mol. The predicted octanol–water partition coefficient (Wildman–Crippen LogP) is 3.01. The van der Waals surface area contributed by atoms with Crippen LogP contribution in [0, 0.1) is 6.92 Å². The molecule has 3 N–H and O–H groups in total. The van der Waals surface area contributed by atoms with Crippen LogP contribution in [0.3, 0.4) is 0 Å². The van der Waals surface area contributed by atoms with Crippen molar-refractivity contribution >= 4 is 22.8 Å². The molecular formula is C21H16O6. The number of aliphatic hydroxyl groups excluding tert-OH is 1. The lowest BCUT2D eigenvalue weighted by Gasteiger charge is -2.28. The number of aromatic hydroxyl groups is 2. The van der Waals surface area contributed by atoms with E-state index in [9.17, 15) is 24.9 Å².